The molecule has 1 unspecified atom stereocenters. The fourth-order valence-electron chi connectivity index (χ4n) is 2.07. The van der Waals surface area contributed by atoms with Crippen LogP contribution in [0.15, 0.2) is 18.2 Å². The molecule has 1 atom stereocenters. The van der Waals surface area contributed by atoms with Gasteiger partial charge in [0.25, 0.3) is 0 Å². The van der Waals surface area contributed by atoms with Crippen LogP contribution in [0.1, 0.15) is 18.4 Å². The van der Waals surface area contributed by atoms with Crippen LogP contribution in [0, 0.1) is 0 Å². The summed E-state index contributed by atoms with van der Waals surface area (Å²) in [6.45, 7) is 0. The normalized spacial score (nSPS) is 23.9. The highest BCUT2D eigenvalue weighted by Gasteiger charge is 2.42. The van der Waals surface area contributed by atoms with E-state index in [2.05, 4.69) is 0 Å². The minimum atomic E-state index is -0.754. The lowest BCUT2D eigenvalue weighted by Crippen LogP contribution is -2.34. The molecule has 1 aromatic rings. The number of rotatable bonds is 3. The van der Waals surface area contributed by atoms with Gasteiger partial charge in [-0.05, 0) is 36.6 Å². The maximum Gasteiger partial charge on any atom is 0.320 e. The van der Waals surface area contributed by atoms with Gasteiger partial charge in [-0.25, -0.2) is 0 Å². The van der Waals surface area contributed by atoms with Crippen LogP contribution in [0.4, 0.5) is 0 Å². The van der Waals surface area contributed by atoms with Gasteiger partial charge in [-0.3, -0.25) is 4.79 Å². The Morgan fingerprint density at radius 3 is 2.82 bits per heavy atom. The Labute approximate surface area is 114 Å². The highest BCUT2D eigenvalue weighted by Crippen LogP contribution is 2.42. The lowest BCUT2D eigenvalue weighted by atomic mass is 9.94. The quantitative estimate of drug-likeness (QED) is 0.918. The molecule has 1 heterocycles. The Morgan fingerprint density at radius 2 is 2.24 bits per heavy atom. The average Bonchev–Trinajstić information content (AvgIpc) is 2.75. The summed E-state index contributed by atoms with van der Waals surface area (Å²) in [4.78, 5) is 11.4. The first-order valence-corrected chi connectivity index (χ1v) is 7.09. The molecule has 5 heteroatoms. The van der Waals surface area contributed by atoms with Gasteiger partial charge >= 0.3 is 5.97 Å². The Kier molecular flexibility index (Phi) is 3.91. The first-order chi connectivity index (χ1) is 8.05. The van der Waals surface area contributed by atoms with Crippen molar-refractivity contribution in [2.24, 2.45) is 0 Å². The molecule has 1 fully saturated rings. The molecule has 1 aliphatic rings. The van der Waals surface area contributed by atoms with E-state index in [-0.39, 0.29) is 0 Å². The van der Waals surface area contributed by atoms with Gasteiger partial charge in [0.05, 0.1) is 10.0 Å². The van der Waals surface area contributed by atoms with Crippen molar-refractivity contribution in [2.75, 3.05) is 5.75 Å². The molecule has 2 nitrogen and oxygen atoms in total. The average molecular weight is 291 g/mol. The Bertz CT molecular complexity index is 442. The fourth-order valence-corrected chi connectivity index (χ4v) is 3.81. The van der Waals surface area contributed by atoms with E-state index in [0.29, 0.717) is 22.9 Å². The van der Waals surface area contributed by atoms with Crippen LogP contribution in [-0.2, 0) is 11.2 Å². The van der Waals surface area contributed by atoms with Crippen LogP contribution in [0.3, 0.4) is 0 Å². The summed E-state index contributed by atoms with van der Waals surface area (Å²) in [6.07, 6.45) is 2.07. The number of hydrogen-bond donors (Lipinski definition) is 1. The number of benzene rings is 1. The topological polar surface area (TPSA) is 37.3 Å². The van der Waals surface area contributed by atoms with Gasteiger partial charge in [-0.1, -0.05) is 35.3 Å². The van der Waals surface area contributed by atoms with Crippen molar-refractivity contribution < 1.29 is 9.90 Å². The van der Waals surface area contributed by atoms with E-state index < -0.39 is 10.7 Å². The summed E-state index contributed by atoms with van der Waals surface area (Å²) in [6, 6.07) is 5.36. The van der Waals surface area contributed by atoms with Gasteiger partial charge in [0.1, 0.15) is 4.75 Å². The van der Waals surface area contributed by atoms with E-state index in [0.717, 1.165) is 17.7 Å². The van der Waals surface area contributed by atoms with E-state index in [9.17, 15) is 9.90 Å². The van der Waals surface area contributed by atoms with E-state index in [1.807, 2.05) is 6.07 Å². The number of carbonyl (C=O) groups is 1. The van der Waals surface area contributed by atoms with Crippen LogP contribution in [-0.4, -0.2) is 21.6 Å². The third-order valence-electron chi connectivity index (χ3n) is 3.00. The van der Waals surface area contributed by atoms with Crippen molar-refractivity contribution in [3.8, 4) is 0 Å². The first kappa shape index (κ1) is 13.1. The smallest absolute Gasteiger partial charge is 0.320 e. The summed E-state index contributed by atoms with van der Waals surface area (Å²) >= 11 is 13.5. The summed E-state index contributed by atoms with van der Waals surface area (Å²) in [7, 11) is 0. The number of aliphatic carboxylic acids is 1. The van der Waals surface area contributed by atoms with Gasteiger partial charge in [-0.15, -0.1) is 11.8 Å². The van der Waals surface area contributed by atoms with Crippen LogP contribution < -0.4 is 0 Å². The molecule has 92 valence electrons. The third kappa shape index (κ3) is 2.56. The van der Waals surface area contributed by atoms with E-state index in [1.54, 1.807) is 12.1 Å². The number of carboxylic acid groups (broad SMARTS) is 1. The zero-order valence-corrected chi connectivity index (χ0v) is 11.4. The van der Waals surface area contributed by atoms with Gasteiger partial charge in [-0.2, -0.15) is 0 Å². The lowest BCUT2D eigenvalue weighted by molar-refractivity contribution is -0.139. The third-order valence-corrected chi connectivity index (χ3v) is 5.43. The minimum absolute atomic E-state index is 0.437. The summed E-state index contributed by atoms with van der Waals surface area (Å²) < 4.78 is -0.728. The highest BCUT2D eigenvalue weighted by molar-refractivity contribution is 8.01. The molecule has 1 aliphatic heterocycles. The lowest BCUT2D eigenvalue weighted by Gasteiger charge is -2.23. The maximum atomic E-state index is 11.4. The zero-order valence-electron chi connectivity index (χ0n) is 9.08. The van der Waals surface area contributed by atoms with Gasteiger partial charge in [0.2, 0.25) is 0 Å². The van der Waals surface area contributed by atoms with Crippen molar-refractivity contribution in [2.45, 2.75) is 24.0 Å². The van der Waals surface area contributed by atoms with E-state index in [1.165, 1.54) is 11.8 Å². The molecule has 1 N–H and O–H groups in total. The van der Waals surface area contributed by atoms with Crippen molar-refractivity contribution in [1.82, 2.24) is 0 Å². The minimum Gasteiger partial charge on any atom is -0.480 e. The predicted molar refractivity (Wildman–Crippen MR) is 72.2 cm³/mol. The molecule has 1 aromatic carbocycles. The molecule has 0 aromatic heterocycles. The van der Waals surface area contributed by atoms with Crippen molar-refractivity contribution in [3.63, 3.8) is 0 Å². The largest absolute Gasteiger partial charge is 0.480 e. The molecule has 0 saturated carbocycles. The molecular formula is C12H12Cl2O2S. The monoisotopic (exact) mass is 290 g/mol. The first-order valence-electron chi connectivity index (χ1n) is 5.35. The molecule has 0 radical (unpaired) electrons. The SMILES string of the molecule is O=C(O)C1(Cc2cccc(Cl)c2Cl)CCCS1. The predicted octanol–water partition coefficient (Wildman–Crippen LogP) is 3.89. The second kappa shape index (κ2) is 5.09. The number of hydrogen-bond acceptors (Lipinski definition) is 2. The van der Waals surface area contributed by atoms with Crippen molar-refractivity contribution >= 4 is 40.9 Å². The van der Waals surface area contributed by atoms with Crippen molar-refractivity contribution in [1.29, 1.82) is 0 Å². The maximum absolute atomic E-state index is 11.4. The van der Waals surface area contributed by atoms with Crippen molar-refractivity contribution in [3.05, 3.63) is 33.8 Å². The molecule has 0 aliphatic carbocycles. The molecule has 0 spiro atoms. The van der Waals surface area contributed by atoms with Gasteiger partial charge in [0, 0.05) is 0 Å². The highest BCUT2D eigenvalue weighted by atomic mass is 35.5. The summed E-state index contributed by atoms with van der Waals surface area (Å²) in [5.74, 6) is 0.140. The summed E-state index contributed by atoms with van der Waals surface area (Å²) in [5.41, 5.74) is 0.816. The molecule has 0 amide bonds. The second-order valence-corrected chi connectivity index (χ2v) is 6.40. The Hall–Kier alpha value is -0.380. The second-order valence-electron chi connectivity index (χ2n) is 4.14. The zero-order chi connectivity index (χ0) is 12.5. The summed E-state index contributed by atoms with van der Waals surface area (Å²) in [5, 5.41) is 10.3. The Morgan fingerprint density at radius 1 is 1.47 bits per heavy atom. The molecule has 2 rings (SSSR count). The van der Waals surface area contributed by atoms with Gasteiger partial charge < -0.3 is 5.11 Å². The molecule has 0 bridgehead atoms. The molecule has 17 heavy (non-hydrogen) atoms. The Balaban J connectivity index is 2.30. The number of halogens is 2. The standard InChI is InChI=1S/C12H12Cl2O2S/c13-9-4-1-3-8(10(9)14)7-12(11(15)16)5-2-6-17-12/h1,3-4H,2,5-7H2,(H,15,16). The van der Waals surface area contributed by atoms with Gasteiger partial charge in [0.15, 0.2) is 0 Å². The fraction of sp³-hybridized carbons (Fsp3) is 0.417. The van der Waals surface area contributed by atoms with Crippen LogP contribution >= 0.6 is 35.0 Å². The number of thioether (sulfide) groups is 1. The van der Waals surface area contributed by atoms with Crippen LogP contribution in [0.2, 0.25) is 10.0 Å². The molecular weight excluding hydrogens is 279 g/mol. The van der Waals surface area contributed by atoms with Crippen LogP contribution in [0.25, 0.3) is 0 Å². The van der Waals surface area contributed by atoms with Crippen LogP contribution in [0.5, 0.6) is 0 Å². The number of carboxylic acids is 1. The van der Waals surface area contributed by atoms with E-state index >= 15 is 0 Å². The van der Waals surface area contributed by atoms with E-state index in [4.69, 9.17) is 23.2 Å². The molecule has 1 saturated heterocycles.